The maximum atomic E-state index is 10.7. The highest BCUT2D eigenvalue weighted by molar-refractivity contribution is 5.87. The number of nitrogens with zero attached hydrogens (tertiary/aromatic N) is 1. The third kappa shape index (κ3) is 3.55. The van der Waals surface area contributed by atoms with Crippen LogP contribution in [0.2, 0.25) is 0 Å². The summed E-state index contributed by atoms with van der Waals surface area (Å²) in [4.78, 5) is 14.7. The van der Waals surface area contributed by atoms with Gasteiger partial charge in [-0.3, -0.25) is 0 Å². The molecule has 4 nitrogen and oxygen atoms in total. The molecule has 0 saturated heterocycles. The van der Waals surface area contributed by atoms with Gasteiger partial charge in [0.2, 0.25) is 0 Å². The Morgan fingerprint density at radius 3 is 2.37 bits per heavy atom. The molecule has 0 aliphatic rings. The lowest BCUT2D eigenvalue weighted by Crippen LogP contribution is -2.03. The zero-order valence-electron chi connectivity index (χ0n) is 10.8. The highest BCUT2D eigenvalue weighted by atomic mass is 16.4. The molecule has 1 aromatic heterocycles. The predicted molar refractivity (Wildman–Crippen MR) is 74.3 cm³/mol. The van der Waals surface area contributed by atoms with Crippen LogP contribution in [0.5, 0.6) is 0 Å². The van der Waals surface area contributed by atoms with Crippen molar-refractivity contribution in [3.8, 4) is 0 Å². The number of hydrogen-bond donors (Lipinski definition) is 2. The van der Waals surface area contributed by atoms with Crippen LogP contribution in [-0.4, -0.2) is 16.1 Å². The van der Waals surface area contributed by atoms with E-state index in [1.165, 1.54) is 23.4 Å². The highest BCUT2D eigenvalue weighted by Crippen LogP contribution is 2.09. The van der Waals surface area contributed by atoms with Crippen LogP contribution in [0.4, 0.5) is 5.82 Å². The second-order valence-corrected chi connectivity index (χ2v) is 4.26. The van der Waals surface area contributed by atoms with Crippen molar-refractivity contribution >= 4 is 11.8 Å². The van der Waals surface area contributed by atoms with Gasteiger partial charge in [0.1, 0.15) is 5.82 Å². The van der Waals surface area contributed by atoms with Gasteiger partial charge in [-0.25, -0.2) is 9.78 Å². The van der Waals surface area contributed by atoms with E-state index in [4.69, 9.17) is 5.11 Å². The Kier molecular flexibility index (Phi) is 4.13. The first-order valence-corrected chi connectivity index (χ1v) is 6.20. The molecule has 1 aromatic carbocycles. The molecule has 0 saturated carbocycles. The molecule has 0 bridgehead atoms. The summed E-state index contributed by atoms with van der Waals surface area (Å²) in [5.41, 5.74) is 2.67. The number of carboxylic acid groups (broad SMARTS) is 1. The summed E-state index contributed by atoms with van der Waals surface area (Å²) in [6, 6.07) is 11.6. The van der Waals surface area contributed by atoms with Crippen LogP contribution in [0.15, 0.2) is 42.6 Å². The van der Waals surface area contributed by atoms with Gasteiger partial charge in [-0.1, -0.05) is 31.2 Å². The van der Waals surface area contributed by atoms with Crippen molar-refractivity contribution < 1.29 is 9.90 Å². The smallest absolute Gasteiger partial charge is 0.337 e. The number of aryl methyl sites for hydroxylation is 1. The second-order valence-electron chi connectivity index (χ2n) is 4.26. The van der Waals surface area contributed by atoms with Gasteiger partial charge in [-0.2, -0.15) is 0 Å². The molecule has 2 N–H and O–H groups in total. The molecule has 1 heterocycles. The number of anilines is 1. The fraction of sp³-hybridized carbons (Fsp3) is 0.200. The minimum Gasteiger partial charge on any atom is -0.478 e. The first kappa shape index (κ1) is 13.1. The average Bonchev–Trinajstić information content (AvgIpc) is 2.46. The SMILES string of the molecule is CCc1ccc(CNc2ccc(C(=O)O)cn2)cc1. The quantitative estimate of drug-likeness (QED) is 0.863. The summed E-state index contributed by atoms with van der Waals surface area (Å²) in [6.45, 7) is 2.80. The third-order valence-electron chi connectivity index (χ3n) is 2.92. The summed E-state index contributed by atoms with van der Waals surface area (Å²) < 4.78 is 0. The molecule has 0 aliphatic carbocycles. The monoisotopic (exact) mass is 256 g/mol. The number of aromatic nitrogens is 1. The number of nitrogens with one attached hydrogen (secondary N) is 1. The number of hydrogen-bond acceptors (Lipinski definition) is 3. The van der Waals surface area contributed by atoms with E-state index >= 15 is 0 Å². The lowest BCUT2D eigenvalue weighted by atomic mass is 10.1. The average molecular weight is 256 g/mol. The number of carboxylic acids is 1. The van der Waals surface area contributed by atoms with Crippen molar-refractivity contribution in [2.24, 2.45) is 0 Å². The van der Waals surface area contributed by atoms with Crippen molar-refractivity contribution in [1.82, 2.24) is 4.98 Å². The summed E-state index contributed by atoms with van der Waals surface area (Å²) in [6.07, 6.45) is 2.39. The molecule has 98 valence electrons. The van der Waals surface area contributed by atoms with Gasteiger partial charge < -0.3 is 10.4 Å². The van der Waals surface area contributed by atoms with Crippen LogP contribution >= 0.6 is 0 Å². The van der Waals surface area contributed by atoms with Gasteiger partial charge in [-0.15, -0.1) is 0 Å². The van der Waals surface area contributed by atoms with E-state index in [1.807, 2.05) is 0 Å². The fourth-order valence-corrected chi connectivity index (χ4v) is 1.71. The lowest BCUT2D eigenvalue weighted by Gasteiger charge is -2.06. The number of rotatable bonds is 5. The standard InChI is InChI=1S/C15H16N2O2/c1-2-11-3-5-12(6-4-11)9-16-14-8-7-13(10-17-14)15(18)19/h3-8,10H,2,9H2,1H3,(H,16,17)(H,18,19). The maximum absolute atomic E-state index is 10.7. The largest absolute Gasteiger partial charge is 0.478 e. The molecule has 0 atom stereocenters. The second kappa shape index (κ2) is 6.00. The summed E-state index contributed by atoms with van der Waals surface area (Å²) in [7, 11) is 0. The molecular weight excluding hydrogens is 240 g/mol. The van der Waals surface area contributed by atoms with Crippen molar-refractivity contribution in [3.05, 3.63) is 59.3 Å². The van der Waals surface area contributed by atoms with Crippen molar-refractivity contribution in [2.45, 2.75) is 19.9 Å². The first-order valence-electron chi connectivity index (χ1n) is 6.20. The minimum atomic E-state index is -0.964. The number of carbonyl (C=O) groups is 1. The molecular formula is C15H16N2O2. The molecule has 2 aromatic rings. The zero-order valence-corrected chi connectivity index (χ0v) is 10.8. The van der Waals surface area contributed by atoms with E-state index in [0.29, 0.717) is 12.4 Å². The summed E-state index contributed by atoms with van der Waals surface area (Å²) in [5.74, 6) is -0.293. The number of pyridine rings is 1. The van der Waals surface area contributed by atoms with Crippen LogP contribution < -0.4 is 5.32 Å². The maximum Gasteiger partial charge on any atom is 0.337 e. The Morgan fingerprint density at radius 1 is 1.16 bits per heavy atom. The highest BCUT2D eigenvalue weighted by Gasteiger charge is 2.02. The molecule has 2 rings (SSSR count). The lowest BCUT2D eigenvalue weighted by molar-refractivity contribution is 0.0696. The van der Waals surface area contributed by atoms with E-state index in [2.05, 4.69) is 41.5 Å². The van der Waals surface area contributed by atoms with E-state index in [0.717, 1.165) is 6.42 Å². The van der Waals surface area contributed by atoms with E-state index < -0.39 is 5.97 Å². The van der Waals surface area contributed by atoms with E-state index in [-0.39, 0.29) is 5.56 Å². The summed E-state index contributed by atoms with van der Waals surface area (Å²) >= 11 is 0. The van der Waals surface area contributed by atoms with E-state index in [1.54, 1.807) is 6.07 Å². The van der Waals surface area contributed by atoms with Crippen LogP contribution in [0.25, 0.3) is 0 Å². The Labute approximate surface area is 112 Å². The first-order chi connectivity index (χ1) is 9.19. The molecule has 4 heteroatoms. The molecule has 19 heavy (non-hydrogen) atoms. The molecule has 0 unspecified atom stereocenters. The third-order valence-corrected chi connectivity index (χ3v) is 2.92. The number of benzene rings is 1. The number of aromatic carboxylic acids is 1. The predicted octanol–water partition coefficient (Wildman–Crippen LogP) is 2.95. The Balaban J connectivity index is 1.95. The summed E-state index contributed by atoms with van der Waals surface area (Å²) in [5, 5.41) is 11.9. The van der Waals surface area contributed by atoms with Gasteiger partial charge in [0.15, 0.2) is 0 Å². The van der Waals surface area contributed by atoms with Gasteiger partial charge in [0.05, 0.1) is 5.56 Å². The topological polar surface area (TPSA) is 62.2 Å². The van der Waals surface area contributed by atoms with Gasteiger partial charge in [0, 0.05) is 12.7 Å². The van der Waals surface area contributed by atoms with Crippen LogP contribution in [-0.2, 0) is 13.0 Å². The Morgan fingerprint density at radius 2 is 1.84 bits per heavy atom. The fourth-order valence-electron chi connectivity index (χ4n) is 1.71. The van der Waals surface area contributed by atoms with Crippen molar-refractivity contribution in [3.63, 3.8) is 0 Å². The van der Waals surface area contributed by atoms with Gasteiger partial charge >= 0.3 is 5.97 Å². The van der Waals surface area contributed by atoms with E-state index in [9.17, 15) is 4.79 Å². The Hall–Kier alpha value is -2.36. The van der Waals surface area contributed by atoms with Gasteiger partial charge in [-0.05, 0) is 29.7 Å². The van der Waals surface area contributed by atoms with Crippen LogP contribution in [0, 0.1) is 0 Å². The minimum absolute atomic E-state index is 0.192. The molecule has 0 radical (unpaired) electrons. The molecule has 0 amide bonds. The molecule has 0 aliphatic heterocycles. The zero-order chi connectivity index (χ0) is 13.7. The Bertz CT molecular complexity index is 547. The normalized spacial score (nSPS) is 10.2. The van der Waals surface area contributed by atoms with Crippen molar-refractivity contribution in [1.29, 1.82) is 0 Å². The van der Waals surface area contributed by atoms with Crippen LogP contribution in [0.3, 0.4) is 0 Å². The van der Waals surface area contributed by atoms with Gasteiger partial charge in [0.25, 0.3) is 0 Å². The molecule has 0 fully saturated rings. The molecule has 0 spiro atoms. The van der Waals surface area contributed by atoms with Crippen molar-refractivity contribution in [2.75, 3.05) is 5.32 Å². The van der Waals surface area contributed by atoms with Crippen LogP contribution in [0.1, 0.15) is 28.4 Å².